The minimum absolute atomic E-state index is 0.193. The molecule has 2 nitrogen and oxygen atoms in total. The highest BCUT2D eigenvalue weighted by Gasteiger charge is 1.90. The number of aliphatic hydroxyl groups excluding tert-OH is 1. The molecule has 0 unspecified atom stereocenters. The lowest BCUT2D eigenvalue weighted by Gasteiger charge is -2.04. The largest absolute Gasteiger partial charge is 0.512 e. The molecular weight excluding hydrogens is 102 g/mol. The van der Waals surface area contributed by atoms with Gasteiger partial charge in [-0.05, 0) is 0 Å². The van der Waals surface area contributed by atoms with Gasteiger partial charge in [-0.3, -0.25) is 0 Å². The quantitative estimate of drug-likeness (QED) is 0.539. The van der Waals surface area contributed by atoms with Crippen molar-refractivity contribution in [2.45, 2.75) is 19.9 Å². The maximum atomic E-state index is 8.54. The van der Waals surface area contributed by atoms with E-state index < -0.39 is 0 Å². The summed E-state index contributed by atoms with van der Waals surface area (Å²) in [5, 5.41) is 11.5. The Labute approximate surface area is 50.2 Å². The first kappa shape index (κ1) is 7.50. The van der Waals surface area contributed by atoms with E-state index in [-0.39, 0.29) is 5.76 Å². The fraction of sp³-hybridized carbons (Fsp3) is 0.667. The molecule has 0 saturated heterocycles. The fourth-order valence-electron chi connectivity index (χ4n) is 0.322. The maximum Gasteiger partial charge on any atom is 0.0989 e. The highest BCUT2D eigenvalue weighted by atomic mass is 16.3. The van der Waals surface area contributed by atoms with Crippen molar-refractivity contribution in [2.75, 3.05) is 6.54 Å². The number of aliphatic hydroxyl groups is 1. The molecule has 0 aromatic carbocycles. The van der Waals surface area contributed by atoms with Gasteiger partial charge in [0.05, 0.1) is 12.3 Å². The van der Waals surface area contributed by atoms with Crippen LogP contribution in [-0.2, 0) is 0 Å². The summed E-state index contributed by atoms with van der Waals surface area (Å²) in [6.45, 7) is 7.85. The molecule has 0 radical (unpaired) electrons. The number of hydrogen-bond donors (Lipinski definition) is 2. The van der Waals surface area contributed by atoms with Crippen molar-refractivity contribution in [1.82, 2.24) is 5.32 Å². The molecule has 8 heavy (non-hydrogen) atoms. The Balaban J connectivity index is 3.05. The van der Waals surface area contributed by atoms with Gasteiger partial charge in [-0.1, -0.05) is 20.4 Å². The standard InChI is InChI=1S/C6H13NO/c1-5(2)7-4-6(3)8/h5,7-8H,3-4H2,1-2H3. The highest BCUT2D eigenvalue weighted by molar-refractivity contribution is 4.81. The topological polar surface area (TPSA) is 32.3 Å². The number of nitrogens with one attached hydrogen (secondary N) is 1. The summed E-state index contributed by atoms with van der Waals surface area (Å²) in [7, 11) is 0. The van der Waals surface area contributed by atoms with Crippen LogP contribution in [0.4, 0.5) is 0 Å². The third-order valence-electron chi connectivity index (χ3n) is 0.714. The van der Waals surface area contributed by atoms with E-state index in [0.717, 1.165) is 0 Å². The first-order valence-corrected chi connectivity index (χ1v) is 2.73. The SMILES string of the molecule is C=C(O)CNC(C)C. The van der Waals surface area contributed by atoms with Gasteiger partial charge in [0.2, 0.25) is 0 Å². The lowest BCUT2D eigenvalue weighted by Crippen LogP contribution is -2.24. The second-order valence-electron chi connectivity index (χ2n) is 2.10. The minimum Gasteiger partial charge on any atom is -0.512 e. The molecule has 0 rings (SSSR count). The van der Waals surface area contributed by atoms with Crippen molar-refractivity contribution in [1.29, 1.82) is 0 Å². The van der Waals surface area contributed by atoms with Crippen LogP contribution >= 0.6 is 0 Å². The molecule has 2 heteroatoms. The zero-order chi connectivity index (χ0) is 6.57. The Bertz CT molecular complexity index is 78.6. The zero-order valence-corrected chi connectivity index (χ0v) is 5.44. The van der Waals surface area contributed by atoms with Crippen LogP contribution in [0.15, 0.2) is 12.3 Å². The average Bonchev–Trinajstić information content (AvgIpc) is 1.61. The van der Waals surface area contributed by atoms with Crippen molar-refractivity contribution in [3.8, 4) is 0 Å². The number of hydrogen-bond acceptors (Lipinski definition) is 2. The molecule has 2 N–H and O–H groups in total. The van der Waals surface area contributed by atoms with Crippen LogP contribution in [-0.4, -0.2) is 17.7 Å². The second kappa shape index (κ2) is 3.50. The highest BCUT2D eigenvalue weighted by Crippen LogP contribution is 1.80. The third kappa shape index (κ3) is 5.50. The normalized spacial score (nSPS) is 9.88. The molecule has 0 aromatic rings. The van der Waals surface area contributed by atoms with E-state index in [9.17, 15) is 0 Å². The molecule has 0 bridgehead atoms. The van der Waals surface area contributed by atoms with Crippen LogP contribution in [0.2, 0.25) is 0 Å². The summed E-state index contributed by atoms with van der Waals surface area (Å²) >= 11 is 0. The van der Waals surface area contributed by atoms with Gasteiger partial charge in [0.1, 0.15) is 0 Å². The van der Waals surface area contributed by atoms with Gasteiger partial charge in [-0.15, -0.1) is 0 Å². The van der Waals surface area contributed by atoms with Gasteiger partial charge >= 0.3 is 0 Å². The van der Waals surface area contributed by atoms with Crippen molar-refractivity contribution in [3.63, 3.8) is 0 Å². The van der Waals surface area contributed by atoms with E-state index in [1.54, 1.807) is 0 Å². The third-order valence-corrected chi connectivity index (χ3v) is 0.714. The molecule has 0 amide bonds. The molecule has 0 aliphatic heterocycles. The number of rotatable bonds is 3. The first-order chi connectivity index (χ1) is 3.63. The van der Waals surface area contributed by atoms with Gasteiger partial charge in [0, 0.05) is 6.04 Å². The van der Waals surface area contributed by atoms with Gasteiger partial charge in [0.25, 0.3) is 0 Å². The summed E-state index contributed by atoms with van der Waals surface area (Å²) in [6, 6.07) is 0.416. The Morgan fingerprint density at radius 1 is 1.75 bits per heavy atom. The summed E-state index contributed by atoms with van der Waals surface area (Å²) in [4.78, 5) is 0. The van der Waals surface area contributed by atoms with Crippen LogP contribution in [0, 0.1) is 0 Å². The van der Waals surface area contributed by atoms with Crippen LogP contribution in [0.25, 0.3) is 0 Å². The molecule has 0 saturated carbocycles. The molecule has 0 fully saturated rings. The van der Waals surface area contributed by atoms with E-state index in [1.165, 1.54) is 0 Å². The first-order valence-electron chi connectivity index (χ1n) is 2.73. The van der Waals surface area contributed by atoms with E-state index >= 15 is 0 Å². The van der Waals surface area contributed by atoms with Crippen LogP contribution in [0.1, 0.15) is 13.8 Å². The van der Waals surface area contributed by atoms with Crippen LogP contribution in [0.5, 0.6) is 0 Å². The summed E-state index contributed by atoms with van der Waals surface area (Å²) < 4.78 is 0. The van der Waals surface area contributed by atoms with E-state index in [2.05, 4.69) is 11.9 Å². The summed E-state index contributed by atoms with van der Waals surface area (Å²) in [5.41, 5.74) is 0. The molecule has 48 valence electrons. The Morgan fingerprint density at radius 2 is 2.25 bits per heavy atom. The minimum atomic E-state index is 0.193. The maximum absolute atomic E-state index is 8.54. The van der Waals surface area contributed by atoms with Crippen LogP contribution < -0.4 is 5.32 Å². The zero-order valence-electron chi connectivity index (χ0n) is 5.44. The van der Waals surface area contributed by atoms with E-state index in [4.69, 9.17) is 5.11 Å². The van der Waals surface area contributed by atoms with Crippen molar-refractivity contribution >= 4 is 0 Å². The van der Waals surface area contributed by atoms with E-state index in [1.807, 2.05) is 13.8 Å². The molecule has 0 aliphatic rings. The molecule has 0 aliphatic carbocycles. The van der Waals surface area contributed by atoms with Crippen molar-refractivity contribution in [3.05, 3.63) is 12.3 Å². The molecule has 0 aromatic heterocycles. The van der Waals surface area contributed by atoms with Gasteiger partial charge in [-0.2, -0.15) is 0 Å². The Kier molecular flexibility index (Phi) is 3.28. The predicted octanol–water partition coefficient (Wildman–Crippen LogP) is 1.06. The van der Waals surface area contributed by atoms with Gasteiger partial charge in [-0.25, -0.2) is 0 Å². The average molecular weight is 115 g/mol. The van der Waals surface area contributed by atoms with Crippen LogP contribution in [0.3, 0.4) is 0 Å². The molecule has 0 spiro atoms. The molecule has 0 heterocycles. The van der Waals surface area contributed by atoms with Gasteiger partial charge < -0.3 is 10.4 Å². The monoisotopic (exact) mass is 115 g/mol. The van der Waals surface area contributed by atoms with E-state index in [0.29, 0.717) is 12.6 Å². The molecule has 0 atom stereocenters. The molecular formula is C6H13NO. The Hall–Kier alpha value is -0.500. The Morgan fingerprint density at radius 3 is 2.38 bits per heavy atom. The van der Waals surface area contributed by atoms with Gasteiger partial charge in [0.15, 0.2) is 0 Å². The fourth-order valence-corrected chi connectivity index (χ4v) is 0.322. The van der Waals surface area contributed by atoms with Crippen molar-refractivity contribution in [2.24, 2.45) is 0 Å². The lowest BCUT2D eigenvalue weighted by molar-refractivity contribution is 0.385. The smallest absolute Gasteiger partial charge is 0.0989 e. The summed E-state index contributed by atoms with van der Waals surface area (Å²) in [6.07, 6.45) is 0. The second-order valence-corrected chi connectivity index (χ2v) is 2.10. The lowest BCUT2D eigenvalue weighted by atomic mass is 10.4. The summed E-state index contributed by atoms with van der Waals surface area (Å²) in [5.74, 6) is 0.193. The predicted molar refractivity (Wildman–Crippen MR) is 34.9 cm³/mol. The van der Waals surface area contributed by atoms with Crippen molar-refractivity contribution < 1.29 is 5.11 Å².